The smallest absolute Gasteiger partial charge is 0.416 e. The Bertz CT molecular complexity index is 774. The maximum atomic E-state index is 13.0. The molecule has 5 nitrogen and oxygen atoms in total. The van der Waals surface area contributed by atoms with E-state index in [1.807, 2.05) is 0 Å². The summed E-state index contributed by atoms with van der Waals surface area (Å²) >= 11 is 0. The van der Waals surface area contributed by atoms with Crippen molar-refractivity contribution in [3.63, 3.8) is 0 Å². The van der Waals surface area contributed by atoms with E-state index in [9.17, 15) is 27.9 Å². The lowest BCUT2D eigenvalue weighted by molar-refractivity contribution is -0.150. The molecule has 4 rings (SSSR count). The van der Waals surface area contributed by atoms with Gasteiger partial charge in [0.25, 0.3) is 0 Å². The SMILES string of the molecule is O=C(O)C1CC2(CC2)CNC1C(=O)N1CCC(c2ccc(C(F)(F)F)cc2)C1. The zero-order valence-electron chi connectivity index (χ0n) is 15.3. The van der Waals surface area contributed by atoms with Gasteiger partial charge in [-0.1, -0.05) is 12.1 Å². The molecule has 2 aliphatic heterocycles. The van der Waals surface area contributed by atoms with E-state index in [1.54, 1.807) is 4.90 Å². The average molecular weight is 396 g/mol. The molecule has 2 N–H and O–H groups in total. The first-order valence-corrected chi connectivity index (χ1v) is 9.61. The van der Waals surface area contributed by atoms with Crippen LogP contribution < -0.4 is 5.32 Å². The Morgan fingerprint density at radius 3 is 2.43 bits per heavy atom. The van der Waals surface area contributed by atoms with Gasteiger partial charge >= 0.3 is 12.1 Å². The molecular weight excluding hydrogens is 373 g/mol. The van der Waals surface area contributed by atoms with Crippen LogP contribution in [0.2, 0.25) is 0 Å². The third-order valence-electron chi connectivity index (χ3n) is 6.50. The van der Waals surface area contributed by atoms with Gasteiger partial charge in [-0.25, -0.2) is 0 Å². The van der Waals surface area contributed by atoms with Crippen LogP contribution in [0.25, 0.3) is 0 Å². The van der Waals surface area contributed by atoms with Gasteiger partial charge in [0.15, 0.2) is 0 Å². The molecule has 0 bridgehead atoms. The highest BCUT2D eigenvalue weighted by Crippen LogP contribution is 2.52. The summed E-state index contributed by atoms with van der Waals surface area (Å²) in [7, 11) is 0. The number of rotatable bonds is 3. The molecule has 3 fully saturated rings. The van der Waals surface area contributed by atoms with Crippen molar-refractivity contribution < 1.29 is 27.9 Å². The first-order chi connectivity index (χ1) is 13.2. The molecular formula is C20H23F3N2O3. The van der Waals surface area contributed by atoms with Crippen LogP contribution in [-0.4, -0.2) is 47.6 Å². The summed E-state index contributed by atoms with van der Waals surface area (Å²) < 4.78 is 38.2. The summed E-state index contributed by atoms with van der Waals surface area (Å²) in [5.41, 5.74) is 0.131. The van der Waals surface area contributed by atoms with Crippen LogP contribution in [0.5, 0.6) is 0 Å². The number of halogens is 3. The number of piperidine rings is 1. The maximum Gasteiger partial charge on any atom is 0.416 e. The largest absolute Gasteiger partial charge is 0.481 e. The predicted molar refractivity (Wildman–Crippen MR) is 94.6 cm³/mol. The molecule has 1 aliphatic carbocycles. The topological polar surface area (TPSA) is 69.6 Å². The number of nitrogens with one attached hydrogen (secondary N) is 1. The van der Waals surface area contributed by atoms with Crippen molar-refractivity contribution in [2.24, 2.45) is 11.3 Å². The molecule has 2 heterocycles. The molecule has 1 aromatic rings. The lowest BCUT2D eigenvalue weighted by Gasteiger charge is -2.36. The van der Waals surface area contributed by atoms with Gasteiger partial charge in [0.05, 0.1) is 11.5 Å². The summed E-state index contributed by atoms with van der Waals surface area (Å²) in [5.74, 6) is -1.92. The standard InChI is InChI=1S/C20H23F3N2O3/c21-20(22,23)14-3-1-12(2-4-14)13-5-8-25(10-13)17(26)16-15(18(27)28)9-19(6-7-19)11-24-16/h1-4,13,15-16,24H,5-11H2,(H,27,28). The minimum absolute atomic E-state index is 0.0344. The lowest BCUT2D eigenvalue weighted by Crippen LogP contribution is -2.57. The van der Waals surface area contributed by atoms with Crippen LogP contribution in [0.3, 0.4) is 0 Å². The second kappa shape index (κ2) is 6.76. The molecule has 2 saturated heterocycles. The van der Waals surface area contributed by atoms with Crippen molar-refractivity contribution in [2.45, 2.75) is 43.8 Å². The minimum atomic E-state index is -4.37. The summed E-state index contributed by atoms with van der Waals surface area (Å²) in [6.45, 7) is 1.56. The van der Waals surface area contributed by atoms with Crippen molar-refractivity contribution in [2.75, 3.05) is 19.6 Å². The zero-order chi connectivity index (χ0) is 20.1. The Morgan fingerprint density at radius 1 is 1.18 bits per heavy atom. The van der Waals surface area contributed by atoms with Gasteiger partial charge in [-0.15, -0.1) is 0 Å². The number of benzene rings is 1. The van der Waals surface area contributed by atoms with E-state index in [-0.39, 0.29) is 17.2 Å². The van der Waals surface area contributed by atoms with E-state index in [0.717, 1.165) is 30.5 Å². The number of amides is 1. The Labute approximate surface area is 160 Å². The van der Waals surface area contributed by atoms with E-state index in [0.29, 0.717) is 32.5 Å². The fourth-order valence-corrected chi connectivity index (χ4v) is 4.55. The van der Waals surface area contributed by atoms with Gasteiger partial charge in [0.1, 0.15) is 6.04 Å². The number of carboxylic acids is 1. The molecule has 28 heavy (non-hydrogen) atoms. The molecule has 3 atom stereocenters. The van der Waals surface area contributed by atoms with Crippen LogP contribution in [0.15, 0.2) is 24.3 Å². The Kier molecular flexibility index (Phi) is 4.64. The summed E-state index contributed by atoms with van der Waals surface area (Å²) in [5, 5.41) is 12.7. The summed E-state index contributed by atoms with van der Waals surface area (Å²) in [6.07, 6.45) is -1.17. The van der Waals surface area contributed by atoms with Gasteiger partial charge in [0, 0.05) is 25.6 Å². The highest BCUT2D eigenvalue weighted by molar-refractivity contribution is 5.88. The maximum absolute atomic E-state index is 13.0. The van der Waals surface area contributed by atoms with Gasteiger partial charge in [-0.3, -0.25) is 9.59 Å². The van der Waals surface area contributed by atoms with Gasteiger partial charge < -0.3 is 15.3 Å². The number of alkyl halides is 3. The fraction of sp³-hybridized carbons (Fsp3) is 0.600. The summed E-state index contributed by atoms with van der Waals surface area (Å²) in [6, 6.07) is 4.35. The lowest BCUT2D eigenvalue weighted by atomic mass is 9.82. The van der Waals surface area contributed by atoms with Crippen LogP contribution >= 0.6 is 0 Å². The number of aliphatic carboxylic acids is 1. The Hall–Kier alpha value is -2.09. The quantitative estimate of drug-likeness (QED) is 0.825. The monoisotopic (exact) mass is 396 g/mol. The number of carbonyl (C=O) groups excluding carboxylic acids is 1. The van der Waals surface area contributed by atoms with Crippen LogP contribution in [0.4, 0.5) is 13.2 Å². The molecule has 152 valence electrons. The highest BCUT2D eigenvalue weighted by atomic mass is 19.4. The van der Waals surface area contributed by atoms with Crippen molar-refractivity contribution in [1.82, 2.24) is 10.2 Å². The molecule has 3 unspecified atom stereocenters. The van der Waals surface area contributed by atoms with E-state index in [4.69, 9.17) is 0 Å². The second-order valence-corrected chi connectivity index (χ2v) is 8.40. The molecule has 8 heteroatoms. The molecule has 0 radical (unpaired) electrons. The van der Waals surface area contributed by atoms with E-state index >= 15 is 0 Å². The first kappa shape index (κ1) is 19.2. The predicted octanol–water partition coefficient (Wildman–Crippen LogP) is 2.86. The van der Waals surface area contributed by atoms with E-state index in [2.05, 4.69) is 5.32 Å². The molecule has 1 saturated carbocycles. The first-order valence-electron chi connectivity index (χ1n) is 9.61. The number of hydrogen-bond donors (Lipinski definition) is 2. The zero-order valence-corrected chi connectivity index (χ0v) is 15.3. The van der Waals surface area contributed by atoms with Crippen molar-refractivity contribution in [3.05, 3.63) is 35.4 Å². The van der Waals surface area contributed by atoms with Gasteiger partial charge in [-0.2, -0.15) is 13.2 Å². The number of nitrogens with zero attached hydrogens (tertiary/aromatic N) is 1. The van der Waals surface area contributed by atoms with Crippen LogP contribution in [-0.2, 0) is 15.8 Å². The van der Waals surface area contributed by atoms with E-state index in [1.165, 1.54) is 12.1 Å². The van der Waals surface area contributed by atoms with Gasteiger partial charge in [-0.05, 0) is 48.8 Å². The average Bonchev–Trinajstić information content (AvgIpc) is 3.21. The van der Waals surface area contributed by atoms with Gasteiger partial charge in [0.2, 0.25) is 5.91 Å². The third-order valence-corrected chi connectivity index (χ3v) is 6.50. The van der Waals surface area contributed by atoms with Crippen molar-refractivity contribution in [1.29, 1.82) is 0 Å². The summed E-state index contributed by atoms with van der Waals surface area (Å²) in [4.78, 5) is 26.3. The van der Waals surface area contributed by atoms with Crippen molar-refractivity contribution >= 4 is 11.9 Å². The number of carbonyl (C=O) groups is 2. The molecule has 1 aromatic carbocycles. The normalized spacial score (nSPS) is 29.1. The molecule has 1 amide bonds. The van der Waals surface area contributed by atoms with Crippen molar-refractivity contribution in [3.8, 4) is 0 Å². The fourth-order valence-electron chi connectivity index (χ4n) is 4.55. The number of likely N-dealkylation sites (tertiary alicyclic amines) is 1. The Balaban J connectivity index is 1.42. The molecule has 1 spiro atoms. The third kappa shape index (κ3) is 3.62. The highest BCUT2D eigenvalue weighted by Gasteiger charge is 2.53. The number of carboxylic acid groups (broad SMARTS) is 1. The molecule has 3 aliphatic rings. The second-order valence-electron chi connectivity index (χ2n) is 8.40. The van der Waals surface area contributed by atoms with Crippen LogP contribution in [0.1, 0.15) is 42.7 Å². The van der Waals surface area contributed by atoms with Crippen LogP contribution in [0, 0.1) is 11.3 Å². The van der Waals surface area contributed by atoms with E-state index < -0.39 is 29.7 Å². The molecule has 0 aromatic heterocycles. The minimum Gasteiger partial charge on any atom is -0.481 e. The Morgan fingerprint density at radius 2 is 1.86 bits per heavy atom. The number of hydrogen-bond acceptors (Lipinski definition) is 3.